The number of nitrogens with zero attached hydrogens (tertiary/aromatic N) is 1. The van der Waals surface area contributed by atoms with Crippen molar-refractivity contribution in [3.05, 3.63) is 101 Å². The van der Waals surface area contributed by atoms with Gasteiger partial charge in [0, 0.05) is 18.8 Å². The first-order chi connectivity index (χ1) is 12.3. The summed E-state index contributed by atoms with van der Waals surface area (Å²) in [5.41, 5.74) is 8.58. The lowest BCUT2D eigenvalue weighted by molar-refractivity contribution is 0.880. The molecule has 0 fully saturated rings. The van der Waals surface area contributed by atoms with E-state index in [1.165, 1.54) is 33.5 Å². The molecule has 0 saturated carbocycles. The summed E-state index contributed by atoms with van der Waals surface area (Å²) in [5.74, 6) is 0. The molecule has 1 aliphatic heterocycles. The molecule has 0 N–H and O–H groups in total. The first-order valence-electron chi connectivity index (χ1n) is 9.30. The molecule has 4 rings (SSSR count). The normalized spacial score (nSPS) is 13.1. The highest BCUT2D eigenvalue weighted by molar-refractivity contribution is 5.52. The fourth-order valence-corrected chi connectivity index (χ4v) is 3.66. The lowest BCUT2D eigenvalue weighted by atomic mass is 10.00. The number of anilines is 1. The van der Waals surface area contributed by atoms with Crippen molar-refractivity contribution >= 4 is 5.69 Å². The summed E-state index contributed by atoms with van der Waals surface area (Å²) in [4.78, 5) is 2.46. The molecule has 0 spiro atoms. The SMILES string of the molecule is CCc1ccc(CCc2ccc3c(c2)CN(c2ccccc2)C3)cc1. The van der Waals surface area contributed by atoms with E-state index in [1.54, 1.807) is 0 Å². The van der Waals surface area contributed by atoms with Crippen LogP contribution in [0.25, 0.3) is 0 Å². The maximum Gasteiger partial charge on any atom is 0.0436 e. The Morgan fingerprint density at radius 2 is 1.32 bits per heavy atom. The predicted molar refractivity (Wildman–Crippen MR) is 106 cm³/mol. The Kier molecular flexibility index (Phi) is 4.56. The zero-order valence-electron chi connectivity index (χ0n) is 14.9. The first-order valence-corrected chi connectivity index (χ1v) is 9.30. The minimum atomic E-state index is 1.03. The Labute approximate surface area is 150 Å². The zero-order valence-corrected chi connectivity index (χ0v) is 14.9. The van der Waals surface area contributed by atoms with Gasteiger partial charge in [-0.1, -0.05) is 67.6 Å². The van der Waals surface area contributed by atoms with Crippen LogP contribution in [0.3, 0.4) is 0 Å². The van der Waals surface area contributed by atoms with Gasteiger partial charge in [-0.15, -0.1) is 0 Å². The first kappa shape index (κ1) is 16.0. The van der Waals surface area contributed by atoms with Crippen molar-refractivity contribution in [2.24, 2.45) is 0 Å². The third kappa shape index (κ3) is 3.61. The monoisotopic (exact) mass is 327 g/mol. The Bertz CT molecular complexity index is 834. The van der Waals surface area contributed by atoms with E-state index in [1.807, 2.05) is 0 Å². The van der Waals surface area contributed by atoms with Gasteiger partial charge in [0.05, 0.1) is 0 Å². The summed E-state index contributed by atoms with van der Waals surface area (Å²) in [5, 5.41) is 0. The Balaban J connectivity index is 1.42. The molecule has 1 heteroatoms. The largest absolute Gasteiger partial charge is 0.363 e. The Morgan fingerprint density at radius 3 is 2.08 bits per heavy atom. The fraction of sp³-hybridized carbons (Fsp3) is 0.250. The van der Waals surface area contributed by atoms with E-state index in [-0.39, 0.29) is 0 Å². The van der Waals surface area contributed by atoms with Crippen molar-refractivity contribution in [3.63, 3.8) is 0 Å². The van der Waals surface area contributed by atoms with Gasteiger partial charge in [-0.2, -0.15) is 0 Å². The van der Waals surface area contributed by atoms with Gasteiger partial charge in [0.15, 0.2) is 0 Å². The van der Waals surface area contributed by atoms with Crippen molar-refractivity contribution in [2.75, 3.05) is 4.90 Å². The zero-order chi connectivity index (χ0) is 17.1. The van der Waals surface area contributed by atoms with Crippen LogP contribution in [-0.4, -0.2) is 0 Å². The molecule has 1 nitrogen and oxygen atoms in total. The molecule has 1 heterocycles. The molecule has 0 unspecified atom stereocenters. The molecule has 25 heavy (non-hydrogen) atoms. The van der Waals surface area contributed by atoms with E-state index >= 15 is 0 Å². The molecular weight excluding hydrogens is 302 g/mol. The minimum absolute atomic E-state index is 1.03. The second-order valence-corrected chi connectivity index (χ2v) is 6.96. The molecule has 3 aromatic carbocycles. The quantitative estimate of drug-likeness (QED) is 0.593. The minimum Gasteiger partial charge on any atom is -0.363 e. The molecular formula is C24H25N. The molecule has 0 aliphatic carbocycles. The molecule has 3 aromatic rings. The summed E-state index contributed by atoms with van der Waals surface area (Å²) in [6, 6.07) is 26.9. The van der Waals surface area contributed by atoms with Crippen LogP contribution in [0.1, 0.15) is 34.7 Å². The van der Waals surface area contributed by atoms with Crippen LogP contribution in [0.5, 0.6) is 0 Å². The highest BCUT2D eigenvalue weighted by atomic mass is 15.1. The Hall–Kier alpha value is -2.54. The number of rotatable bonds is 5. The third-order valence-corrected chi connectivity index (χ3v) is 5.25. The number of hydrogen-bond acceptors (Lipinski definition) is 1. The highest BCUT2D eigenvalue weighted by Crippen LogP contribution is 2.29. The van der Waals surface area contributed by atoms with Crippen molar-refractivity contribution in [2.45, 2.75) is 39.3 Å². The number of para-hydroxylation sites is 1. The predicted octanol–water partition coefficient (Wildman–Crippen LogP) is 5.55. The smallest absolute Gasteiger partial charge is 0.0436 e. The standard InChI is InChI=1S/C24H25N/c1-2-19-8-10-20(11-9-19)12-13-21-14-15-22-17-25(18-23(22)16-21)24-6-4-3-5-7-24/h3-11,14-16H,2,12-13,17-18H2,1H3. The third-order valence-electron chi connectivity index (χ3n) is 5.25. The van der Waals surface area contributed by atoms with Crippen LogP contribution < -0.4 is 4.90 Å². The summed E-state index contributed by atoms with van der Waals surface area (Å²) < 4.78 is 0. The van der Waals surface area contributed by atoms with Gasteiger partial charge in [0.2, 0.25) is 0 Å². The summed E-state index contributed by atoms with van der Waals surface area (Å²) >= 11 is 0. The van der Waals surface area contributed by atoms with Gasteiger partial charge in [0.25, 0.3) is 0 Å². The van der Waals surface area contributed by atoms with Crippen molar-refractivity contribution < 1.29 is 0 Å². The van der Waals surface area contributed by atoms with E-state index in [2.05, 4.69) is 84.6 Å². The van der Waals surface area contributed by atoms with Gasteiger partial charge in [0.1, 0.15) is 0 Å². The van der Waals surface area contributed by atoms with Gasteiger partial charge >= 0.3 is 0 Å². The highest BCUT2D eigenvalue weighted by Gasteiger charge is 2.19. The summed E-state index contributed by atoms with van der Waals surface area (Å²) in [7, 11) is 0. The summed E-state index contributed by atoms with van der Waals surface area (Å²) in [6.45, 7) is 4.26. The van der Waals surface area contributed by atoms with Gasteiger partial charge < -0.3 is 4.90 Å². The topological polar surface area (TPSA) is 3.24 Å². The van der Waals surface area contributed by atoms with Crippen molar-refractivity contribution in [1.29, 1.82) is 0 Å². The van der Waals surface area contributed by atoms with Crippen molar-refractivity contribution in [1.82, 2.24) is 0 Å². The molecule has 0 atom stereocenters. The lowest BCUT2D eigenvalue weighted by Crippen LogP contribution is -2.13. The van der Waals surface area contributed by atoms with Crippen molar-refractivity contribution in [3.8, 4) is 0 Å². The molecule has 0 bridgehead atoms. The fourth-order valence-electron chi connectivity index (χ4n) is 3.66. The average Bonchev–Trinajstić information content (AvgIpc) is 3.11. The van der Waals surface area contributed by atoms with Crippen LogP contribution in [0.15, 0.2) is 72.8 Å². The second-order valence-electron chi connectivity index (χ2n) is 6.96. The maximum atomic E-state index is 2.46. The molecule has 0 amide bonds. The summed E-state index contributed by atoms with van der Waals surface area (Å²) in [6.07, 6.45) is 3.35. The van der Waals surface area contributed by atoms with Crippen LogP contribution in [-0.2, 0) is 32.4 Å². The second kappa shape index (κ2) is 7.14. The van der Waals surface area contributed by atoms with Crippen LogP contribution in [0, 0.1) is 0 Å². The van der Waals surface area contributed by atoms with Gasteiger partial charge in [-0.05, 0) is 59.2 Å². The van der Waals surface area contributed by atoms with E-state index in [0.717, 1.165) is 32.4 Å². The molecule has 126 valence electrons. The number of benzene rings is 3. The van der Waals surface area contributed by atoms with E-state index in [4.69, 9.17) is 0 Å². The van der Waals surface area contributed by atoms with Crippen LogP contribution >= 0.6 is 0 Å². The molecule has 0 radical (unpaired) electrons. The Morgan fingerprint density at radius 1 is 0.680 bits per heavy atom. The molecule has 0 aromatic heterocycles. The van der Waals surface area contributed by atoms with Gasteiger partial charge in [-0.25, -0.2) is 0 Å². The average molecular weight is 327 g/mol. The number of aryl methyl sites for hydroxylation is 3. The lowest BCUT2D eigenvalue weighted by Gasteiger charge is -2.17. The van der Waals surface area contributed by atoms with E-state index in [9.17, 15) is 0 Å². The van der Waals surface area contributed by atoms with E-state index < -0.39 is 0 Å². The number of hydrogen-bond donors (Lipinski definition) is 0. The molecule has 1 aliphatic rings. The van der Waals surface area contributed by atoms with Gasteiger partial charge in [-0.3, -0.25) is 0 Å². The molecule has 0 saturated heterocycles. The van der Waals surface area contributed by atoms with E-state index in [0.29, 0.717) is 0 Å². The van der Waals surface area contributed by atoms with Crippen LogP contribution in [0.4, 0.5) is 5.69 Å². The number of fused-ring (bicyclic) bond motifs is 1. The maximum absolute atomic E-state index is 2.46. The van der Waals surface area contributed by atoms with Crippen LogP contribution in [0.2, 0.25) is 0 Å².